The van der Waals surface area contributed by atoms with Gasteiger partial charge in [0.15, 0.2) is 0 Å². The van der Waals surface area contributed by atoms with Gasteiger partial charge in [0.25, 0.3) is 5.91 Å². The summed E-state index contributed by atoms with van der Waals surface area (Å²) in [5.41, 5.74) is 1.75. The van der Waals surface area contributed by atoms with Crippen LogP contribution in [-0.4, -0.2) is 27.5 Å². The lowest BCUT2D eigenvalue weighted by molar-refractivity contribution is 0.0726. The highest BCUT2D eigenvalue weighted by molar-refractivity contribution is 9.10. The van der Waals surface area contributed by atoms with Crippen molar-refractivity contribution in [2.45, 2.75) is 25.8 Å². The summed E-state index contributed by atoms with van der Waals surface area (Å²) >= 11 is 3.26. The smallest absolute Gasteiger partial charge is 0.270 e. The maximum Gasteiger partial charge on any atom is 0.270 e. The molecule has 1 aromatic carbocycles. The third-order valence-corrected chi connectivity index (χ3v) is 4.84. The Balaban J connectivity index is 1.69. The van der Waals surface area contributed by atoms with Gasteiger partial charge in [0.1, 0.15) is 23.0 Å². The predicted molar refractivity (Wildman–Crippen MR) is 90.2 cm³/mol. The summed E-state index contributed by atoms with van der Waals surface area (Å²) in [4.78, 5) is 17.7. The van der Waals surface area contributed by atoms with Crippen molar-refractivity contribution >= 4 is 32.7 Å². The molecule has 4 rings (SSSR count). The van der Waals surface area contributed by atoms with E-state index in [2.05, 4.69) is 26.1 Å². The lowest BCUT2D eigenvalue weighted by atomic mass is 10.1. The van der Waals surface area contributed by atoms with Crippen LogP contribution in [0, 0.1) is 12.7 Å². The van der Waals surface area contributed by atoms with Crippen LogP contribution in [0.1, 0.15) is 40.8 Å². The lowest BCUT2D eigenvalue weighted by Gasteiger charge is -2.22. The molecule has 0 spiro atoms. The van der Waals surface area contributed by atoms with E-state index in [0.717, 1.165) is 24.3 Å². The average molecular weight is 392 g/mol. The Morgan fingerprint density at radius 3 is 3.00 bits per heavy atom. The van der Waals surface area contributed by atoms with Gasteiger partial charge in [0.2, 0.25) is 0 Å². The van der Waals surface area contributed by atoms with Gasteiger partial charge in [-0.15, -0.1) is 0 Å². The molecule has 0 radical (unpaired) electrons. The molecule has 1 saturated heterocycles. The normalized spacial score (nSPS) is 17.8. The molecular weight excluding hydrogens is 377 g/mol. The highest BCUT2D eigenvalue weighted by Crippen LogP contribution is 2.33. The minimum atomic E-state index is -0.361. The number of aryl methyl sites for hydroxylation is 1. The van der Waals surface area contributed by atoms with Crippen LogP contribution in [0.15, 0.2) is 33.3 Å². The van der Waals surface area contributed by atoms with E-state index in [1.165, 1.54) is 6.07 Å². The highest BCUT2D eigenvalue weighted by Gasteiger charge is 2.33. The van der Waals surface area contributed by atoms with Crippen molar-refractivity contribution in [1.82, 2.24) is 15.0 Å². The maximum absolute atomic E-state index is 14.0. The number of fused-ring (bicyclic) bond motifs is 1. The lowest BCUT2D eigenvalue weighted by Crippen LogP contribution is -2.30. The van der Waals surface area contributed by atoms with E-state index in [4.69, 9.17) is 4.52 Å². The van der Waals surface area contributed by atoms with E-state index >= 15 is 0 Å². The topological polar surface area (TPSA) is 62.1 Å². The molecule has 124 valence electrons. The summed E-state index contributed by atoms with van der Waals surface area (Å²) in [5, 5.41) is 4.46. The average Bonchev–Trinajstić information content (AvgIpc) is 3.23. The van der Waals surface area contributed by atoms with Crippen molar-refractivity contribution in [2.75, 3.05) is 6.54 Å². The fourth-order valence-electron chi connectivity index (χ4n) is 3.29. The third kappa shape index (κ3) is 2.53. The van der Waals surface area contributed by atoms with E-state index in [9.17, 15) is 9.18 Å². The number of benzene rings is 1. The Morgan fingerprint density at radius 2 is 2.25 bits per heavy atom. The largest absolute Gasteiger partial charge is 0.361 e. The van der Waals surface area contributed by atoms with Gasteiger partial charge in [-0.1, -0.05) is 21.1 Å². The summed E-state index contributed by atoms with van der Waals surface area (Å²) in [6.07, 6.45) is 1.75. The van der Waals surface area contributed by atoms with Crippen molar-refractivity contribution in [1.29, 1.82) is 0 Å². The Kier molecular flexibility index (Phi) is 3.68. The number of rotatable bonds is 2. The molecule has 1 fully saturated rings. The Bertz CT molecular complexity index is 933. The van der Waals surface area contributed by atoms with E-state index in [-0.39, 0.29) is 17.8 Å². The van der Waals surface area contributed by atoms with Crippen molar-refractivity contribution in [3.63, 3.8) is 0 Å². The second-order valence-corrected chi connectivity index (χ2v) is 6.97. The second-order valence-electron chi connectivity index (χ2n) is 6.05. The zero-order valence-corrected chi connectivity index (χ0v) is 14.6. The van der Waals surface area contributed by atoms with Crippen LogP contribution in [-0.2, 0) is 0 Å². The predicted octanol–water partition coefficient (Wildman–Crippen LogP) is 4.34. The number of carbonyl (C=O) groups is 1. The molecule has 5 nitrogen and oxygen atoms in total. The summed E-state index contributed by atoms with van der Waals surface area (Å²) < 4.78 is 19.8. The van der Waals surface area contributed by atoms with Crippen molar-refractivity contribution in [3.05, 3.63) is 51.7 Å². The van der Waals surface area contributed by atoms with Gasteiger partial charge in [0, 0.05) is 22.5 Å². The molecule has 0 saturated carbocycles. The summed E-state index contributed by atoms with van der Waals surface area (Å²) in [5.74, 6) is 0.214. The third-order valence-electron chi connectivity index (χ3n) is 4.38. The molecule has 3 aromatic rings. The number of H-pyrrole nitrogens is 1. The molecule has 1 unspecified atom stereocenters. The van der Waals surface area contributed by atoms with Crippen LogP contribution in [0.3, 0.4) is 0 Å². The van der Waals surface area contributed by atoms with Crippen LogP contribution in [0.25, 0.3) is 10.9 Å². The van der Waals surface area contributed by atoms with Gasteiger partial charge < -0.3 is 14.4 Å². The van der Waals surface area contributed by atoms with Gasteiger partial charge >= 0.3 is 0 Å². The summed E-state index contributed by atoms with van der Waals surface area (Å²) in [7, 11) is 0. The Morgan fingerprint density at radius 1 is 1.42 bits per heavy atom. The number of nitrogens with one attached hydrogen (secondary N) is 1. The first-order chi connectivity index (χ1) is 11.5. The van der Waals surface area contributed by atoms with E-state index < -0.39 is 0 Å². The number of hydrogen-bond acceptors (Lipinski definition) is 3. The van der Waals surface area contributed by atoms with Gasteiger partial charge in [-0.05, 0) is 38.0 Å². The van der Waals surface area contributed by atoms with E-state index in [1.807, 2.05) is 13.0 Å². The minimum Gasteiger partial charge on any atom is -0.361 e. The number of nitrogens with zero attached hydrogens (tertiary/aromatic N) is 2. The number of carbonyl (C=O) groups excluding carboxylic acids is 1. The first-order valence-electron chi connectivity index (χ1n) is 7.75. The van der Waals surface area contributed by atoms with Crippen molar-refractivity contribution in [2.24, 2.45) is 0 Å². The molecule has 1 aliphatic rings. The molecule has 0 bridgehead atoms. The number of aromatic nitrogens is 2. The van der Waals surface area contributed by atoms with Crippen molar-refractivity contribution < 1.29 is 13.7 Å². The van der Waals surface area contributed by atoms with Crippen LogP contribution in [0.5, 0.6) is 0 Å². The van der Waals surface area contributed by atoms with Crippen LogP contribution in [0.2, 0.25) is 0 Å². The quantitative estimate of drug-likeness (QED) is 0.706. The first kappa shape index (κ1) is 15.4. The van der Waals surface area contributed by atoms with E-state index in [1.54, 1.807) is 17.0 Å². The molecule has 1 atom stereocenters. The van der Waals surface area contributed by atoms with Crippen LogP contribution in [0.4, 0.5) is 4.39 Å². The standard InChI is InChI=1S/C17H15BrFN3O2/c1-9-5-14(21-24-9)16-3-2-4-22(16)17(23)15-8-11-12(19)6-10(18)7-13(11)20-15/h5-8,16,20H,2-4H2,1H3. The summed E-state index contributed by atoms with van der Waals surface area (Å²) in [6, 6.07) is 6.48. The molecular formula is C17H15BrFN3O2. The SMILES string of the molecule is Cc1cc(C2CCCN2C(=O)c2cc3c(F)cc(Br)cc3[nH]2)no1. The minimum absolute atomic E-state index is 0.0991. The van der Waals surface area contributed by atoms with E-state index in [0.29, 0.717) is 27.6 Å². The van der Waals surface area contributed by atoms with Crippen LogP contribution < -0.4 is 0 Å². The van der Waals surface area contributed by atoms with Gasteiger partial charge in [-0.25, -0.2) is 4.39 Å². The molecule has 1 N–H and O–H groups in total. The molecule has 0 aliphatic carbocycles. The highest BCUT2D eigenvalue weighted by atomic mass is 79.9. The number of likely N-dealkylation sites (tertiary alicyclic amines) is 1. The Labute approximate surface area is 145 Å². The molecule has 3 heterocycles. The number of hydrogen-bond donors (Lipinski definition) is 1. The second kappa shape index (κ2) is 5.73. The van der Waals surface area contributed by atoms with Gasteiger partial charge in [-0.3, -0.25) is 4.79 Å². The Hall–Kier alpha value is -2.15. The van der Waals surface area contributed by atoms with Gasteiger partial charge in [-0.2, -0.15) is 0 Å². The molecule has 7 heteroatoms. The number of amides is 1. The molecule has 1 aliphatic heterocycles. The fraction of sp³-hybridized carbons (Fsp3) is 0.294. The van der Waals surface area contributed by atoms with Crippen LogP contribution >= 0.6 is 15.9 Å². The van der Waals surface area contributed by atoms with Crippen molar-refractivity contribution in [3.8, 4) is 0 Å². The number of aromatic amines is 1. The zero-order valence-electron chi connectivity index (χ0n) is 13.0. The summed E-state index contributed by atoms with van der Waals surface area (Å²) in [6.45, 7) is 2.48. The maximum atomic E-state index is 14.0. The monoisotopic (exact) mass is 391 g/mol. The molecule has 1 amide bonds. The van der Waals surface area contributed by atoms with Gasteiger partial charge in [0.05, 0.1) is 11.6 Å². The molecule has 2 aromatic heterocycles. The fourth-order valence-corrected chi connectivity index (χ4v) is 3.72. The molecule has 24 heavy (non-hydrogen) atoms. The first-order valence-corrected chi connectivity index (χ1v) is 8.54. The number of halogens is 2. The zero-order chi connectivity index (χ0) is 16.8.